The lowest BCUT2D eigenvalue weighted by Gasteiger charge is -2.51. The first-order valence-electron chi connectivity index (χ1n) is 9.85. The van der Waals surface area contributed by atoms with Crippen molar-refractivity contribution in [1.82, 2.24) is 14.8 Å². The third-order valence-electron chi connectivity index (χ3n) is 6.70. The Morgan fingerprint density at radius 3 is 2.63 bits per heavy atom. The number of ether oxygens (including phenoxy) is 1. The van der Waals surface area contributed by atoms with Gasteiger partial charge in [-0.2, -0.15) is 0 Å². The number of benzene rings is 1. The number of aromatic nitrogens is 1. The molecule has 140 valence electrons. The molecule has 2 aromatic rings. The Morgan fingerprint density at radius 2 is 1.89 bits per heavy atom. The van der Waals surface area contributed by atoms with Crippen molar-refractivity contribution in [1.29, 1.82) is 0 Å². The Morgan fingerprint density at radius 1 is 1.11 bits per heavy atom. The molecule has 3 atom stereocenters. The fourth-order valence-corrected chi connectivity index (χ4v) is 5.48. The molecule has 1 amide bonds. The number of rotatable bonds is 3. The second-order valence-electron chi connectivity index (χ2n) is 7.93. The molecule has 0 spiro atoms. The fourth-order valence-electron chi connectivity index (χ4n) is 5.48. The first-order valence-corrected chi connectivity index (χ1v) is 9.85. The van der Waals surface area contributed by atoms with Gasteiger partial charge in [0.1, 0.15) is 5.75 Å². The van der Waals surface area contributed by atoms with E-state index in [0.29, 0.717) is 23.9 Å². The van der Waals surface area contributed by atoms with Crippen LogP contribution in [-0.2, 0) is 0 Å². The van der Waals surface area contributed by atoms with E-state index in [2.05, 4.69) is 33.0 Å². The highest BCUT2D eigenvalue weighted by Gasteiger charge is 2.54. The van der Waals surface area contributed by atoms with Crippen LogP contribution in [-0.4, -0.2) is 59.5 Å². The van der Waals surface area contributed by atoms with E-state index in [4.69, 9.17) is 4.74 Å². The maximum atomic E-state index is 13.3. The van der Waals surface area contributed by atoms with E-state index >= 15 is 0 Å². The highest BCUT2D eigenvalue weighted by Crippen LogP contribution is 2.47. The van der Waals surface area contributed by atoms with Gasteiger partial charge in [-0.05, 0) is 61.7 Å². The van der Waals surface area contributed by atoms with E-state index < -0.39 is 0 Å². The zero-order chi connectivity index (χ0) is 18.4. The Labute approximate surface area is 159 Å². The number of likely N-dealkylation sites (tertiary alicyclic amines) is 1. The van der Waals surface area contributed by atoms with E-state index in [1.54, 1.807) is 19.5 Å². The molecule has 6 rings (SSSR count). The van der Waals surface area contributed by atoms with Gasteiger partial charge < -0.3 is 9.64 Å². The van der Waals surface area contributed by atoms with Gasteiger partial charge in [0, 0.05) is 36.5 Å². The number of pyridine rings is 1. The highest BCUT2D eigenvalue weighted by atomic mass is 16.5. The molecular weight excluding hydrogens is 338 g/mol. The summed E-state index contributed by atoms with van der Waals surface area (Å²) in [5, 5.41) is 0. The van der Waals surface area contributed by atoms with E-state index in [1.165, 1.54) is 18.4 Å². The lowest BCUT2D eigenvalue weighted by Crippen LogP contribution is -2.60. The van der Waals surface area contributed by atoms with Gasteiger partial charge in [-0.3, -0.25) is 14.7 Å². The maximum Gasteiger partial charge on any atom is 0.254 e. The van der Waals surface area contributed by atoms with Crippen molar-refractivity contribution >= 4 is 5.91 Å². The van der Waals surface area contributed by atoms with Gasteiger partial charge in [-0.15, -0.1) is 0 Å². The molecule has 0 unspecified atom stereocenters. The van der Waals surface area contributed by atoms with Crippen molar-refractivity contribution in [2.45, 2.75) is 30.8 Å². The monoisotopic (exact) mass is 363 g/mol. The fraction of sp³-hybridized carbons (Fsp3) is 0.455. The summed E-state index contributed by atoms with van der Waals surface area (Å²) in [6, 6.07) is 12.8. The summed E-state index contributed by atoms with van der Waals surface area (Å²) < 4.78 is 5.45. The highest BCUT2D eigenvalue weighted by molar-refractivity contribution is 5.94. The van der Waals surface area contributed by atoms with Gasteiger partial charge in [0.2, 0.25) is 0 Å². The van der Waals surface area contributed by atoms with Crippen LogP contribution in [0.5, 0.6) is 5.75 Å². The first kappa shape index (κ1) is 16.8. The van der Waals surface area contributed by atoms with Crippen LogP contribution >= 0.6 is 0 Å². The molecule has 4 aliphatic rings. The number of hydrogen-bond acceptors (Lipinski definition) is 4. The van der Waals surface area contributed by atoms with Crippen molar-refractivity contribution in [3.8, 4) is 5.75 Å². The van der Waals surface area contributed by atoms with Gasteiger partial charge in [0.15, 0.2) is 0 Å². The van der Waals surface area contributed by atoms with Crippen LogP contribution in [0.25, 0.3) is 0 Å². The zero-order valence-electron chi connectivity index (χ0n) is 15.6. The van der Waals surface area contributed by atoms with Crippen LogP contribution in [0, 0.1) is 5.92 Å². The zero-order valence-corrected chi connectivity index (χ0v) is 15.6. The SMILES string of the molecule is COc1cccc([C@@H]2CN(C(=O)c3ccncc3)[C@@H]3C4CCN(CC4)[C@@H]32)c1. The average molecular weight is 363 g/mol. The third kappa shape index (κ3) is 2.72. The van der Waals surface area contributed by atoms with Gasteiger partial charge >= 0.3 is 0 Å². The van der Waals surface area contributed by atoms with Crippen LogP contribution in [0.2, 0.25) is 0 Å². The number of fused-ring (bicyclic) bond motifs is 2. The number of methoxy groups -OCH3 is 1. The number of carbonyl (C=O) groups is 1. The molecule has 2 bridgehead atoms. The lowest BCUT2D eigenvalue weighted by molar-refractivity contribution is -0.00341. The minimum absolute atomic E-state index is 0.145. The summed E-state index contributed by atoms with van der Waals surface area (Å²) in [5.74, 6) is 1.98. The van der Waals surface area contributed by atoms with Crippen LogP contribution < -0.4 is 4.74 Å². The molecule has 5 nitrogen and oxygen atoms in total. The summed E-state index contributed by atoms with van der Waals surface area (Å²) in [6.07, 6.45) is 5.81. The van der Waals surface area contributed by atoms with E-state index in [-0.39, 0.29) is 5.91 Å². The van der Waals surface area contributed by atoms with Crippen LogP contribution in [0.4, 0.5) is 0 Å². The van der Waals surface area contributed by atoms with Crippen molar-refractivity contribution in [3.05, 3.63) is 59.9 Å². The molecular formula is C22H25N3O2. The topological polar surface area (TPSA) is 45.7 Å². The molecule has 1 aromatic heterocycles. The standard InChI is InChI=1S/C22H25N3O2/c1-27-18-4-2-3-17(13-18)19-14-25(22(26)16-5-9-23-10-6-16)20-15-7-11-24(12-8-15)21(19)20/h2-6,9-10,13,15,19-21H,7-8,11-12,14H2,1H3/t19-,20+,21+/m0/s1. The van der Waals surface area contributed by atoms with E-state index in [9.17, 15) is 4.79 Å². The van der Waals surface area contributed by atoms with E-state index in [1.807, 2.05) is 18.2 Å². The van der Waals surface area contributed by atoms with Gasteiger partial charge in [-0.25, -0.2) is 0 Å². The van der Waals surface area contributed by atoms with Gasteiger partial charge in [0.25, 0.3) is 5.91 Å². The van der Waals surface area contributed by atoms with Crippen LogP contribution in [0.3, 0.4) is 0 Å². The van der Waals surface area contributed by atoms with E-state index in [0.717, 1.165) is 30.9 Å². The van der Waals surface area contributed by atoms with Crippen LogP contribution in [0.15, 0.2) is 48.8 Å². The molecule has 0 aliphatic carbocycles. The second-order valence-corrected chi connectivity index (χ2v) is 7.93. The summed E-state index contributed by atoms with van der Waals surface area (Å²) in [5.41, 5.74) is 2.02. The molecule has 27 heavy (non-hydrogen) atoms. The molecule has 4 fully saturated rings. The predicted octanol–water partition coefficient (Wildman–Crippen LogP) is 2.79. The Balaban J connectivity index is 1.53. The first-order chi connectivity index (χ1) is 13.3. The smallest absolute Gasteiger partial charge is 0.254 e. The van der Waals surface area contributed by atoms with Gasteiger partial charge in [0.05, 0.1) is 13.2 Å². The Hall–Kier alpha value is -2.40. The molecule has 4 aliphatic heterocycles. The summed E-state index contributed by atoms with van der Waals surface area (Å²) >= 11 is 0. The van der Waals surface area contributed by atoms with Crippen LogP contribution in [0.1, 0.15) is 34.7 Å². The molecule has 5 heterocycles. The van der Waals surface area contributed by atoms with Crippen molar-refractivity contribution < 1.29 is 9.53 Å². The third-order valence-corrected chi connectivity index (χ3v) is 6.70. The normalized spacial score (nSPS) is 31.6. The van der Waals surface area contributed by atoms with Crippen molar-refractivity contribution in [2.24, 2.45) is 5.92 Å². The molecule has 4 saturated heterocycles. The number of hydrogen-bond donors (Lipinski definition) is 0. The van der Waals surface area contributed by atoms with Crippen molar-refractivity contribution in [2.75, 3.05) is 26.7 Å². The summed E-state index contributed by atoms with van der Waals surface area (Å²) in [4.78, 5) is 22.2. The summed E-state index contributed by atoms with van der Waals surface area (Å²) in [7, 11) is 1.71. The summed E-state index contributed by atoms with van der Waals surface area (Å²) in [6.45, 7) is 3.09. The van der Waals surface area contributed by atoms with Crippen molar-refractivity contribution in [3.63, 3.8) is 0 Å². The molecule has 0 N–H and O–H groups in total. The second kappa shape index (κ2) is 6.64. The van der Waals surface area contributed by atoms with Gasteiger partial charge in [-0.1, -0.05) is 12.1 Å². The number of nitrogens with zero attached hydrogens (tertiary/aromatic N) is 3. The minimum Gasteiger partial charge on any atom is -0.497 e. The molecule has 0 radical (unpaired) electrons. The molecule has 1 aromatic carbocycles. The maximum absolute atomic E-state index is 13.3. The number of carbonyl (C=O) groups excluding carboxylic acids is 1. The minimum atomic E-state index is 0.145. The number of piperidine rings is 3. The Kier molecular flexibility index (Phi) is 4.12. The predicted molar refractivity (Wildman–Crippen MR) is 103 cm³/mol. The average Bonchev–Trinajstić information content (AvgIpc) is 3.18. The lowest BCUT2D eigenvalue weighted by atomic mass is 9.75. The number of amides is 1. The Bertz CT molecular complexity index is 832. The largest absolute Gasteiger partial charge is 0.497 e. The molecule has 0 saturated carbocycles. The molecule has 5 heteroatoms. The quantitative estimate of drug-likeness (QED) is 0.841.